The molecule has 0 fully saturated rings. The van der Waals surface area contributed by atoms with Crippen molar-refractivity contribution in [2.75, 3.05) is 12.4 Å². The first-order chi connectivity index (χ1) is 10.4. The van der Waals surface area contributed by atoms with E-state index in [0.29, 0.717) is 16.0 Å². The summed E-state index contributed by atoms with van der Waals surface area (Å²) in [6.07, 6.45) is -4.45. The number of rotatable bonds is 4. The molecule has 2 aromatic rings. The SMILES string of the molecule is CCOC(=O)c1nc2cc(C(F)(F)F)ccc2cc1SCC. The number of aromatic nitrogens is 1. The summed E-state index contributed by atoms with van der Waals surface area (Å²) in [4.78, 5) is 16.6. The van der Waals surface area contributed by atoms with E-state index in [1.807, 2.05) is 6.92 Å². The smallest absolute Gasteiger partial charge is 0.416 e. The van der Waals surface area contributed by atoms with Gasteiger partial charge in [0.25, 0.3) is 0 Å². The molecule has 22 heavy (non-hydrogen) atoms. The van der Waals surface area contributed by atoms with Gasteiger partial charge in [-0.25, -0.2) is 9.78 Å². The zero-order valence-electron chi connectivity index (χ0n) is 12.0. The summed E-state index contributed by atoms with van der Waals surface area (Å²) in [5.74, 6) is 0.0815. The summed E-state index contributed by atoms with van der Waals surface area (Å²) < 4.78 is 43.2. The fourth-order valence-electron chi connectivity index (χ4n) is 1.94. The highest BCUT2D eigenvalue weighted by Gasteiger charge is 2.30. The normalized spacial score (nSPS) is 11.7. The Labute approximate surface area is 129 Å². The zero-order valence-corrected chi connectivity index (χ0v) is 12.8. The van der Waals surface area contributed by atoms with E-state index in [1.165, 1.54) is 17.8 Å². The van der Waals surface area contributed by atoms with Crippen LogP contribution in [0.3, 0.4) is 0 Å². The van der Waals surface area contributed by atoms with Crippen molar-refractivity contribution >= 4 is 28.6 Å². The molecule has 0 N–H and O–H groups in total. The highest BCUT2D eigenvalue weighted by Crippen LogP contribution is 2.33. The summed E-state index contributed by atoms with van der Waals surface area (Å²) in [6, 6.07) is 4.98. The maximum Gasteiger partial charge on any atom is 0.416 e. The van der Waals surface area contributed by atoms with Crippen LogP contribution in [0.2, 0.25) is 0 Å². The lowest BCUT2D eigenvalue weighted by atomic mass is 10.1. The number of ether oxygens (including phenoxy) is 1. The predicted molar refractivity (Wildman–Crippen MR) is 79.1 cm³/mol. The first-order valence-corrected chi connectivity index (χ1v) is 7.67. The van der Waals surface area contributed by atoms with Crippen LogP contribution in [-0.2, 0) is 10.9 Å². The summed E-state index contributed by atoms with van der Waals surface area (Å²) in [7, 11) is 0. The maximum atomic E-state index is 12.8. The fraction of sp³-hybridized carbons (Fsp3) is 0.333. The standard InChI is InChI=1S/C15H14F3NO2S/c1-3-21-14(20)13-12(22-4-2)7-9-5-6-10(15(16,17)18)8-11(9)19-13/h5-8H,3-4H2,1-2H3. The molecule has 1 aromatic carbocycles. The Hall–Kier alpha value is -1.76. The molecule has 0 bridgehead atoms. The number of halogens is 3. The average molecular weight is 329 g/mol. The van der Waals surface area contributed by atoms with Gasteiger partial charge in [-0.15, -0.1) is 11.8 Å². The third-order valence-corrected chi connectivity index (χ3v) is 3.79. The number of hydrogen-bond acceptors (Lipinski definition) is 4. The molecular weight excluding hydrogens is 315 g/mol. The minimum Gasteiger partial charge on any atom is -0.461 e. The molecule has 0 unspecified atom stereocenters. The van der Waals surface area contributed by atoms with Gasteiger partial charge in [0.05, 0.1) is 17.7 Å². The molecule has 0 spiro atoms. The van der Waals surface area contributed by atoms with E-state index in [2.05, 4.69) is 4.98 Å². The lowest BCUT2D eigenvalue weighted by Gasteiger charge is -2.11. The van der Waals surface area contributed by atoms with E-state index < -0.39 is 17.7 Å². The third kappa shape index (κ3) is 3.52. The van der Waals surface area contributed by atoms with Crippen molar-refractivity contribution in [3.63, 3.8) is 0 Å². The largest absolute Gasteiger partial charge is 0.461 e. The molecule has 0 radical (unpaired) electrons. The molecule has 0 aliphatic rings. The molecule has 118 valence electrons. The predicted octanol–water partition coefficient (Wildman–Crippen LogP) is 4.54. The van der Waals surface area contributed by atoms with Crippen molar-refractivity contribution in [1.29, 1.82) is 0 Å². The Morgan fingerprint density at radius 3 is 2.59 bits per heavy atom. The van der Waals surface area contributed by atoms with Crippen molar-refractivity contribution in [2.24, 2.45) is 0 Å². The number of carbonyl (C=O) groups is 1. The van der Waals surface area contributed by atoms with Crippen LogP contribution in [0.25, 0.3) is 10.9 Å². The van der Waals surface area contributed by atoms with Crippen molar-refractivity contribution in [1.82, 2.24) is 4.98 Å². The summed E-state index contributed by atoms with van der Waals surface area (Å²) in [6.45, 7) is 3.75. The van der Waals surface area contributed by atoms with E-state index in [9.17, 15) is 18.0 Å². The van der Waals surface area contributed by atoms with Gasteiger partial charge in [-0.3, -0.25) is 0 Å². The Balaban J connectivity index is 2.60. The molecule has 1 heterocycles. The van der Waals surface area contributed by atoms with Crippen molar-refractivity contribution in [2.45, 2.75) is 24.9 Å². The number of thioether (sulfide) groups is 1. The number of benzene rings is 1. The summed E-state index contributed by atoms with van der Waals surface area (Å²) in [5, 5.41) is 0.553. The third-order valence-electron chi connectivity index (χ3n) is 2.88. The van der Waals surface area contributed by atoms with E-state index in [-0.39, 0.29) is 17.8 Å². The summed E-state index contributed by atoms with van der Waals surface area (Å²) in [5.41, 5.74) is -0.614. The number of carbonyl (C=O) groups excluding carboxylic acids is 1. The maximum absolute atomic E-state index is 12.8. The van der Waals surface area contributed by atoms with Crippen LogP contribution >= 0.6 is 11.8 Å². The Bertz CT molecular complexity index is 701. The molecule has 3 nitrogen and oxygen atoms in total. The fourth-order valence-corrected chi connectivity index (χ4v) is 2.72. The van der Waals surface area contributed by atoms with E-state index in [1.54, 1.807) is 13.0 Å². The number of alkyl halides is 3. The topological polar surface area (TPSA) is 39.2 Å². The highest BCUT2D eigenvalue weighted by molar-refractivity contribution is 7.99. The lowest BCUT2D eigenvalue weighted by molar-refractivity contribution is -0.137. The molecular formula is C15H14F3NO2S. The monoisotopic (exact) mass is 329 g/mol. The van der Waals surface area contributed by atoms with Gasteiger partial charge in [0.1, 0.15) is 0 Å². The quantitative estimate of drug-likeness (QED) is 0.610. The Kier molecular flexibility index (Phi) is 4.95. The molecule has 0 aliphatic carbocycles. The minimum atomic E-state index is -4.45. The van der Waals surface area contributed by atoms with Gasteiger partial charge in [0, 0.05) is 10.3 Å². The number of fused-ring (bicyclic) bond motifs is 1. The first kappa shape index (κ1) is 16.6. The lowest BCUT2D eigenvalue weighted by Crippen LogP contribution is -2.10. The second kappa shape index (κ2) is 6.56. The van der Waals surface area contributed by atoms with Crippen LogP contribution < -0.4 is 0 Å². The average Bonchev–Trinajstić information content (AvgIpc) is 2.45. The Morgan fingerprint density at radius 2 is 2.00 bits per heavy atom. The second-order valence-corrected chi connectivity index (χ2v) is 5.70. The van der Waals surface area contributed by atoms with Gasteiger partial charge in [-0.2, -0.15) is 13.2 Å². The Morgan fingerprint density at radius 1 is 1.27 bits per heavy atom. The molecule has 7 heteroatoms. The van der Waals surface area contributed by atoms with E-state index in [4.69, 9.17) is 4.74 Å². The van der Waals surface area contributed by atoms with Gasteiger partial charge in [0.15, 0.2) is 5.69 Å². The zero-order chi connectivity index (χ0) is 16.3. The van der Waals surface area contributed by atoms with Crippen LogP contribution in [0.15, 0.2) is 29.2 Å². The van der Waals surface area contributed by atoms with Gasteiger partial charge < -0.3 is 4.74 Å². The number of pyridine rings is 1. The van der Waals surface area contributed by atoms with Crippen LogP contribution in [0.1, 0.15) is 29.9 Å². The van der Waals surface area contributed by atoms with Gasteiger partial charge in [-0.1, -0.05) is 13.0 Å². The molecule has 1 aromatic heterocycles. The summed E-state index contributed by atoms with van der Waals surface area (Å²) >= 11 is 1.40. The molecule has 0 amide bonds. The van der Waals surface area contributed by atoms with Crippen LogP contribution in [-0.4, -0.2) is 23.3 Å². The van der Waals surface area contributed by atoms with Gasteiger partial charge >= 0.3 is 12.1 Å². The van der Waals surface area contributed by atoms with Crippen LogP contribution in [0, 0.1) is 0 Å². The number of esters is 1. The molecule has 0 saturated carbocycles. The second-order valence-electron chi connectivity index (χ2n) is 4.39. The number of nitrogens with zero attached hydrogens (tertiary/aromatic N) is 1. The molecule has 0 saturated heterocycles. The first-order valence-electron chi connectivity index (χ1n) is 6.68. The van der Waals surface area contributed by atoms with E-state index in [0.717, 1.165) is 12.1 Å². The molecule has 0 atom stereocenters. The van der Waals surface area contributed by atoms with Crippen molar-refractivity contribution in [3.8, 4) is 0 Å². The minimum absolute atomic E-state index is 0.0560. The molecule has 2 rings (SSSR count). The van der Waals surface area contributed by atoms with Crippen LogP contribution in [0.5, 0.6) is 0 Å². The van der Waals surface area contributed by atoms with E-state index >= 15 is 0 Å². The highest BCUT2D eigenvalue weighted by atomic mass is 32.2. The van der Waals surface area contributed by atoms with Gasteiger partial charge in [-0.05, 0) is 30.9 Å². The van der Waals surface area contributed by atoms with Crippen LogP contribution in [0.4, 0.5) is 13.2 Å². The van der Waals surface area contributed by atoms with Crippen molar-refractivity contribution in [3.05, 3.63) is 35.5 Å². The number of hydrogen-bond donors (Lipinski definition) is 0. The van der Waals surface area contributed by atoms with Gasteiger partial charge in [0.2, 0.25) is 0 Å². The molecule has 0 aliphatic heterocycles. The van der Waals surface area contributed by atoms with Crippen molar-refractivity contribution < 1.29 is 22.7 Å².